The van der Waals surface area contributed by atoms with Crippen molar-refractivity contribution in [2.75, 3.05) is 7.11 Å². The molecule has 0 amide bonds. The number of imidazole rings is 1. The van der Waals surface area contributed by atoms with Crippen LogP contribution in [0, 0.1) is 24.4 Å². The Morgan fingerprint density at radius 3 is 2.35 bits per heavy atom. The molecule has 4 aromatic carbocycles. The smallest absolute Gasteiger partial charge is 0.337 e. The van der Waals surface area contributed by atoms with E-state index in [1.54, 1.807) is 73.8 Å². The molecule has 0 bridgehead atoms. The molecule has 0 radical (unpaired) electrons. The molecule has 9 heteroatoms. The number of aryl methyl sites for hydroxylation is 1. The first kappa shape index (κ1) is 27.5. The molecule has 4 nitrogen and oxygen atoms in total. The minimum atomic E-state index is -1.36. The molecule has 1 heterocycles. The molecule has 0 aliphatic carbocycles. The van der Waals surface area contributed by atoms with E-state index in [1.807, 2.05) is 0 Å². The third-order valence-electron chi connectivity index (χ3n) is 6.42. The van der Waals surface area contributed by atoms with Gasteiger partial charge in [-0.05, 0) is 54.4 Å². The summed E-state index contributed by atoms with van der Waals surface area (Å²) in [7, 11) is 1.28. The van der Waals surface area contributed by atoms with Crippen molar-refractivity contribution in [3.8, 4) is 33.8 Å². The summed E-state index contributed by atoms with van der Waals surface area (Å²) in [6.45, 7) is 1.91. The Labute approximate surface area is 238 Å². The first-order valence-corrected chi connectivity index (χ1v) is 12.9. The third kappa shape index (κ3) is 5.35. The minimum Gasteiger partial charge on any atom is -0.465 e. The van der Waals surface area contributed by atoms with Crippen LogP contribution in [0.5, 0.6) is 0 Å². The van der Waals surface area contributed by atoms with Crippen LogP contribution >= 0.6 is 23.2 Å². The second-order valence-corrected chi connectivity index (χ2v) is 10.0. The van der Waals surface area contributed by atoms with E-state index >= 15 is 13.2 Å². The van der Waals surface area contributed by atoms with Crippen LogP contribution in [0.3, 0.4) is 0 Å². The topological polar surface area (TPSA) is 44.1 Å². The molecule has 0 aliphatic heterocycles. The number of ether oxygens (including phenoxy) is 1. The predicted octanol–water partition coefficient (Wildman–Crippen LogP) is 8.75. The lowest BCUT2D eigenvalue weighted by Gasteiger charge is -2.13. The molecule has 0 fully saturated rings. The van der Waals surface area contributed by atoms with Gasteiger partial charge in [-0.2, -0.15) is 0 Å². The SMILES string of the molecule is COC(=O)c1ccc(Cn2cc(-c3ccc(Cl)cc3Cl)nc2-c2c(F)cc(-c3cccc(C)c3)c(F)c2F)cc1. The molecule has 40 heavy (non-hydrogen) atoms. The maximum atomic E-state index is 15.7. The van der Waals surface area contributed by atoms with Crippen molar-refractivity contribution in [3.63, 3.8) is 0 Å². The molecule has 5 rings (SSSR count). The number of carbonyl (C=O) groups is 1. The van der Waals surface area contributed by atoms with Gasteiger partial charge in [0.05, 0.1) is 29.0 Å². The number of aromatic nitrogens is 2. The highest BCUT2D eigenvalue weighted by atomic mass is 35.5. The molecule has 1 aromatic heterocycles. The molecular weight excluding hydrogens is 560 g/mol. The van der Waals surface area contributed by atoms with Gasteiger partial charge in [0.2, 0.25) is 0 Å². The zero-order valence-electron chi connectivity index (χ0n) is 21.3. The Bertz CT molecular complexity index is 1750. The van der Waals surface area contributed by atoms with Crippen LogP contribution in [0.15, 0.2) is 79.0 Å². The van der Waals surface area contributed by atoms with Crippen molar-refractivity contribution < 1.29 is 22.7 Å². The summed E-state index contributed by atoms with van der Waals surface area (Å²) in [6.07, 6.45) is 1.57. The highest BCUT2D eigenvalue weighted by Crippen LogP contribution is 2.37. The average Bonchev–Trinajstić information content (AvgIpc) is 3.33. The maximum Gasteiger partial charge on any atom is 0.337 e. The van der Waals surface area contributed by atoms with Gasteiger partial charge in [0.25, 0.3) is 0 Å². The number of nitrogens with zero attached hydrogens (tertiary/aromatic N) is 2. The quantitative estimate of drug-likeness (QED) is 0.149. The van der Waals surface area contributed by atoms with E-state index in [0.29, 0.717) is 33.0 Å². The highest BCUT2D eigenvalue weighted by molar-refractivity contribution is 6.36. The normalized spacial score (nSPS) is 11.1. The molecule has 5 aromatic rings. The van der Waals surface area contributed by atoms with Crippen LogP contribution in [-0.4, -0.2) is 22.6 Å². The number of rotatable bonds is 6. The van der Waals surface area contributed by atoms with Gasteiger partial charge in [0.15, 0.2) is 11.6 Å². The van der Waals surface area contributed by atoms with E-state index < -0.39 is 29.0 Å². The summed E-state index contributed by atoms with van der Waals surface area (Å²) >= 11 is 12.4. The maximum absolute atomic E-state index is 15.7. The second kappa shape index (κ2) is 11.2. The van der Waals surface area contributed by atoms with Gasteiger partial charge < -0.3 is 9.30 Å². The van der Waals surface area contributed by atoms with E-state index in [9.17, 15) is 4.79 Å². The van der Waals surface area contributed by atoms with Gasteiger partial charge >= 0.3 is 5.97 Å². The van der Waals surface area contributed by atoms with Gasteiger partial charge in [-0.1, -0.05) is 65.2 Å². The van der Waals surface area contributed by atoms with E-state index in [0.717, 1.165) is 11.6 Å². The summed E-state index contributed by atoms with van der Waals surface area (Å²) in [5.74, 6) is -4.16. The van der Waals surface area contributed by atoms with Gasteiger partial charge in [0.1, 0.15) is 11.6 Å². The van der Waals surface area contributed by atoms with Gasteiger partial charge in [-0.3, -0.25) is 0 Å². The van der Waals surface area contributed by atoms with Crippen molar-refractivity contribution in [2.45, 2.75) is 13.5 Å². The van der Waals surface area contributed by atoms with Crippen LogP contribution in [0.25, 0.3) is 33.8 Å². The Balaban J connectivity index is 1.65. The lowest BCUT2D eigenvalue weighted by atomic mass is 10.00. The number of methoxy groups -OCH3 is 1. The first-order valence-electron chi connectivity index (χ1n) is 12.1. The lowest BCUT2D eigenvalue weighted by Crippen LogP contribution is -2.06. The van der Waals surface area contributed by atoms with Crippen LogP contribution in [0.1, 0.15) is 21.5 Å². The number of hydrogen-bond acceptors (Lipinski definition) is 3. The number of benzene rings is 4. The van der Waals surface area contributed by atoms with E-state index in [2.05, 4.69) is 4.98 Å². The molecule has 0 atom stereocenters. The highest BCUT2D eigenvalue weighted by Gasteiger charge is 2.26. The van der Waals surface area contributed by atoms with E-state index in [1.165, 1.54) is 17.7 Å². The van der Waals surface area contributed by atoms with Crippen molar-refractivity contribution in [1.82, 2.24) is 9.55 Å². The van der Waals surface area contributed by atoms with Crippen LogP contribution in [0.4, 0.5) is 13.2 Å². The Kier molecular flexibility index (Phi) is 7.70. The van der Waals surface area contributed by atoms with Crippen LogP contribution in [0.2, 0.25) is 10.0 Å². The predicted molar refractivity (Wildman–Crippen MR) is 150 cm³/mol. The average molecular weight is 581 g/mol. The zero-order valence-corrected chi connectivity index (χ0v) is 22.8. The summed E-state index contributed by atoms with van der Waals surface area (Å²) in [6, 6.07) is 19.0. The van der Waals surface area contributed by atoms with Gasteiger partial charge in [0, 0.05) is 28.9 Å². The largest absolute Gasteiger partial charge is 0.465 e. The van der Waals surface area contributed by atoms with Crippen molar-refractivity contribution in [2.24, 2.45) is 0 Å². The fourth-order valence-electron chi connectivity index (χ4n) is 4.45. The summed E-state index contributed by atoms with van der Waals surface area (Å²) in [5.41, 5.74) is 2.19. The second-order valence-electron chi connectivity index (χ2n) is 9.17. The molecule has 0 N–H and O–H groups in total. The summed E-state index contributed by atoms with van der Waals surface area (Å²) in [5, 5.41) is 0.693. The summed E-state index contributed by atoms with van der Waals surface area (Å²) in [4.78, 5) is 16.3. The molecular formula is C31H21Cl2F3N2O2. The molecule has 0 aliphatic rings. The molecule has 202 valence electrons. The minimum absolute atomic E-state index is 0.106. The number of esters is 1. The molecule has 0 unspecified atom stereocenters. The third-order valence-corrected chi connectivity index (χ3v) is 6.97. The van der Waals surface area contributed by atoms with Gasteiger partial charge in [-0.15, -0.1) is 0 Å². The summed E-state index contributed by atoms with van der Waals surface area (Å²) < 4.78 is 53.0. The molecule has 0 spiro atoms. The van der Waals surface area contributed by atoms with Gasteiger partial charge in [-0.25, -0.2) is 22.9 Å². The van der Waals surface area contributed by atoms with Crippen LogP contribution < -0.4 is 0 Å². The fraction of sp³-hybridized carbons (Fsp3) is 0.0968. The monoisotopic (exact) mass is 580 g/mol. The standard InChI is InChI=1S/C31H21Cl2F3N2O2/c1-17-4-3-5-20(12-17)23-14-25(34)27(29(36)28(23)35)30-37-26(22-11-10-21(32)13-24(22)33)16-38(30)15-18-6-8-19(9-7-18)31(39)40-2/h3-14,16H,15H2,1-2H3. The van der Waals surface area contributed by atoms with Crippen molar-refractivity contribution in [3.05, 3.63) is 123 Å². The molecule has 0 saturated heterocycles. The Morgan fingerprint density at radius 1 is 0.925 bits per heavy atom. The Hall–Kier alpha value is -4.07. The van der Waals surface area contributed by atoms with Crippen LogP contribution in [-0.2, 0) is 11.3 Å². The zero-order chi connectivity index (χ0) is 28.6. The van der Waals surface area contributed by atoms with Crippen molar-refractivity contribution in [1.29, 1.82) is 0 Å². The first-order chi connectivity index (χ1) is 19.2. The fourth-order valence-corrected chi connectivity index (χ4v) is 4.95. The molecule has 0 saturated carbocycles. The van der Waals surface area contributed by atoms with Crippen molar-refractivity contribution >= 4 is 29.2 Å². The lowest BCUT2D eigenvalue weighted by molar-refractivity contribution is 0.0600. The number of hydrogen-bond donors (Lipinski definition) is 0. The van der Waals surface area contributed by atoms with E-state index in [-0.39, 0.29) is 23.0 Å². The number of carbonyl (C=O) groups excluding carboxylic acids is 1. The number of halogens is 5. The van der Waals surface area contributed by atoms with E-state index in [4.69, 9.17) is 27.9 Å². The Morgan fingerprint density at radius 2 is 1.68 bits per heavy atom.